The number of rotatable bonds is 10. The molecular formula is C19H26N4O3S2. The highest BCUT2D eigenvalue weighted by atomic mass is 32.2. The molecule has 1 aliphatic carbocycles. The maximum Gasteiger partial charge on any atom is 0.225 e. The van der Waals surface area contributed by atoms with Crippen LogP contribution in [0.1, 0.15) is 47.9 Å². The van der Waals surface area contributed by atoms with Gasteiger partial charge in [-0.1, -0.05) is 23.1 Å². The Morgan fingerprint density at radius 2 is 2.11 bits per heavy atom. The van der Waals surface area contributed by atoms with Crippen LogP contribution in [0, 0.1) is 13.8 Å². The molecular weight excluding hydrogens is 396 g/mol. The topological polar surface area (TPSA) is 77.3 Å². The number of carbonyl (C=O) groups is 2. The van der Waals surface area contributed by atoms with Gasteiger partial charge in [0.1, 0.15) is 0 Å². The number of ether oxygens (including phenoxy) is 1. The van der Waals surface area contributed by atoms with E-state index < -0.39 is 0 Å². The predicted molar refractivity (Wildman–Crippen MR) is 112 cm³/mol. The molecule has 1 fully saturated rings. The zero-order valence-corrected chi connectivity index (χ0v) is 18.4. The molecule has 0 aromatic carbocycles. The van der Waals surface area contributed by atoms with Crippen LogP contribution in [0.2, 0.25) is 0 Å². The largest absolute Gasteiger partial charge is 0.385 e. The van der Waals surface area contributed by atoms with E-state index in [1.165, 1.54) is 23.1 Å². The van der Waals surface area contributed by atoms with Crippen LogP contribution in [-0.2, 0) is 16.1 Å². The molecule has 0 saturated heterocycles. The minimum Gasteiger partial charge on any atom is -0.385 e. The number of thioether (sulfide) groups is 1. The Balaban J connectivity index is 1.62. The molecule has 1 aliphatic rings. The van der Waals surface area contributed by atoms with E-state index in [2.05, 4.69) is 14.8 Å². The van der Waals surface area contributed by atoms with Crippen LogP contribution < -0.4 is 4.90 Å². The number of amides is 1. The molecule has 3 rings (SSSR count). The number of hydrogen-bond donors (Lipinski definition) is 0. The van der Waals surface area contributed by atoms with Crippen molar-refractivity contribution < 1.29 is 14.3 Å². The third-order valence-corrected chi connectivity index (χ3v) is 6.84. The number of anilines is 1. The third kappa shape index (κ3) is 4.82. The highest BCUT2D eigenvalue weighted by Gasteiger charge is 2.34. The number of aromatic nitrogens is 3. The van der Waals surface area contributed by atoms with Crippen LogP contribution in [-0.4, -0.2) is 52.0 Å². The molecule has 0 atom stereocenters. The van der Waals surface area contributed by atoms with Gasteiger partial charge in [0.25, 0.3) is 0 Å². The van der Waals surface area contributed by atoms with Crippen LogP contribution >= 0.6 is 23.1 Å². The molecule has 0 unspecified atom stereocenters. The summed E-state index contributed by atoms with van der Waals surface area (Å²) in [5.74, 6) is 0.381. The lowest BCUT2D eigenvalue weighted by Gasteiger charge is -2.15. The molecule has 0 radical (unpaired) electrons. The summed E-state index contributed by atoms with van der Waals surface area (Å²) >= 11 is 2.75. The Bertz CT molecular complexity index is 857. The molecule has 2 aromatic rings. The molecule has 1 amide bonds. The molecule has 7 nitrogen and oxygen atoms in total. The second-order valence-electron chi connectivity index (χ2n) is 6.97. The highest BCUT2D eigenvalue weighted by Crippen LogP contribution is 2.36. The van der Waals surface area contributed by atoms with Crippen molar-refractivity contribution in [2.45, 2.75) is 57.0 Å². The summed E-state index contributed by atoms with van der Waals surface area (Å²) in [6.45, 7) is 7.11. The molecule has 28 heavy (non-hydrogen) atoms. The highest BCUT2D eigenvalue weighted by molar-refractivity contribution is 8.01. The van der Waals surface area contributed by atoms with Crippen LogP contribution in [0.25, 0.3) is 0 Å². The normalized spacial score (nSPS) is 13.7. The van der Waals surface area contributed by atoms with Gasteiger partial charge >= 0.3 is 0 Å². The first-order valence-electron chi connectivity index (χ1n) is 9.37. The van der Waals surface area contributed by atoms with Gasteiger partial charge < -0.3 is 9.30 Å². The van der Waals surface area contributed by atoms with Gasteiger partial charge in [0, 0.05) is 50.2 Å². The number of hydrogen-bond acceptors (Lipinski definition) is 7. The minimum atomic E-state index is -0.00723. The van der Waals surface area contributed by atoms with Crippen LogP contribution in [0.15, 0.2) is 10.4 Å². The summed E-state index contributed by atoms with van der Waals surface area (Å²) in [6, 6.07) is 2.22. The minimum absolute atomic E-state index is 0.00723. The standard InChI is InChI=1S/C19H26N4O3S2/c1-12-10-16(13(2)22(12)8-5-9-26-4)17(25)11-27-19-21-20-18(28-19)23(14(3)24)15-6-7-15/h10,15H,5-9,11H2,1-4H3. The molecule has 0 spiro atoms. The fraction of sp³-hybridized carbons (Fsp3) is 0.579. The van der Waals surface area contributed by atoms with E-state index in [-0.39, 0.29) is 17.7 Å². The Morgan fingerprint density at radius 3 is 2.75 bits per heavy atom. The molecule has 0 bridgehead atoms. The van der Waals surface area contributed by atoms with E-state index >= 15 is 0 Å². The van der Waals surface area contributed by atoms with E-state index in [0.717, 1.165) is 42.8 Å². The zero-order chi connectivity index (χ0) is 20.3. The monoisotopic (exact) mass is 422 g/mol. The molecule has 0 N–H and O–H groups in total. The maximum absolute atomic E-state index is 12.7. The van der Waals surface area contributed by atoms with Crippen molar-refractivity contribution in [3.8, 4) is 0 Å². The lowest BCUT2D eigenvalue weighted by molar-refractivity contribution is -0.116. The SMILES string of the molecule is COCCCn1c(C)cc(C(=O)CSc2nnc(N(C(C)=O)C3CC3)s2)c1C. The van der Waals surface area contributed by atoms with Crippen molar-refractivity contribution in [1.82, 2.24) is 14.8 Å². The van der Waals surface area contributed by atoms with E-state index in [1.807, 2.05) is 19.9 Å². The Kier molecular flexibility index (Phi) is 6.90. The van der Waals surface area contributed by atoms with Gasteiger partial charge in [-0.15, -0.1) is 10.2 Å². The summed E-state index contributed by atoms with van der Waals surface area (Å²) in [5.41, 5.74) is 2.84. The Labute approximate surface area is 173 Å². The number of Topliss-reactive ketones (excluding diaryl/α,β-unsaturated/α-hetero) is 1. The summed E-state index contributed by atoms with van der Waals surface area (Å²) in [7, 11) is 1.70. The van der Waals surface area contributed by atoms with Crippen molar-refractivity contribution in [3.63, 3.8) is 0 Å². The third-order valence-electron chi connectivity index (χ3n) is 4.78. The van der Waals surface area contributed by atoms with Gasteiger partial charge in [-0.05, 0) is 39.2 Å². The molecule has 152 valence electrons. The zero-order valence-electron chi connectivity index (χ0n) is 16.7. The van der Waals surface area contributed by atoms with Gasteiger partial charge in [-0.25, -0.2) is 0 Å². The Morgan fingerprint density at radius 1 is 1.36 bits per heavy atom. The van der Waals surface area contributed by atoms with Gasteiger partial charge in [0.2, 0.25) is 11.0 Å². The van der Waals surface area contributed by atoms with E-state index in [1.54, 1.807) is 18.9 Å². The van der Waals surface area contributed by atoms with Crippen molar-refractivity contribution in [2.75, 3.05) is 24.4 Å². The lowest BCUT2D eigenvalue weighted by Crippen LogP contribution is -2.30. The number of aryl methyl sites for hydroxylation is 1. The molecule has 0 aliphatic heterocycles. The first-order chi connectivity index (χ1) is 13.4. The Hall–Kier alpha value is -1.71. The number of nitrogens with zero attached hydrogens (tertiary/aromatic N) is 4. The second-order valence-corrected chi connectivity index (χ2v) is 9.14. The van der Waals surface area contributed by atoms with Gasteiger partial charge in [0.05, 0.1) is 5.75 Å². The fourth-order valence-corrected chi connectivity index (χ4v) is 5.08. The van der Waals surface area contributed by atoms with Crippen LogP contribution in [0.3, 0.4) is 0 Å². The number of ketones is 1. The van der Waals surface area contributed by atoms with Crippen molar-refractivity contribution in [2.24, 2.45) is 0 Å². The average molecular weight is 423 g/mol. The molecule has 9 heteroatoms. The van der Waals surface area contributed by atoms with E-state index in [0.29, 0.717) is 21.8 Å². The van der Waals surface area contributed by atoms with Gasteiger partial charge in [0.15, 0.2) is 10.1 Å². The lowest BCUT2D eigenvalue weighted by atomic mass is 10.2. The molecule has 2 heterocycles. The first-order valence-corrected chi connectivity index (χ1v) is 11.2. The van der Waals surface area contributed by atoms with Crippen molar-refractivity contribution in [3.05, 3.63) is 23.0 Å². The van der Waals surface area contributed by atoms with Gasteiger partial charge in [-0.3, -0.25) is 14.5 Å². The van der Waals surface area contributed by atoms with E-state index in [4.69, 9.17) is 4.74 Å². The summed E-state index contributed by atoms with van der Waals surface area (Å²) in [6.07, 6.45) is 2.94. The van der Waals surface area contributed by atoms with Crippen LogP contribution in [0.4, 0.5) is 5.13 Å². The van der Waals surface area contributed by atoms with Crippen molar-refractivity contribution in [1.29, 1.82) is 0 Å². The number of carbonyl (C=O) groups excluding carboxylic acids is 2. The number of methoxy groups -OCH3 is 1. The predicted octanol–water partition coefficient (Wildman–Crippen LogP) is 3.48. The first kappa shape index (κ1) is 21.0. The quantitative estimate of drug-likeness (QED) is 0.252. The van der Waals surface area contributed by atoms with Gasteiger partial charge in [-0.2, -0.15) is 0 Å². The fourth-order valence-electron chi connectivity index (χ4n) is 3.24. The summed E-state index contributed by atoms with van der Waals surface area (Å²) in [4.78, 5) is 26.3. The smallest absolute Gasteiger partial charge is 0.225 e. The second kappa shape index (κ2) is 9.19. The average Bonchev–Trinajstić information content (AvgIpc) is 3.30. The summed E-state index contributed by atoms with van der Waals surface area (Å²) < 4.78 is 8.00. The van der Waals surface area contributed by atoms with E-state index in [9.17, 15) is 9.59 Å². The van der Waals surface area contributed by atoms with Crippen molar-refractivity contribution >= 4 is 39.9 Å². The van der Waals surface area contributed by atoms with Crippen LogP contribution in [0.5, 0.6) is 0 Å². The maximum atomic E-state index is 12.7. The summed E-state index contributed by atoms with van der Waals surface area (Å²) in [5, 5.41) is 8.94. The molecule has 1 saturated carbocycles. The molecule has 2 aromatic heterocycles.